The molecule has 2 saturated heterocycles. The van der Waals surface area contributed by atoms with Gasteiger partial charge < -0.3 is 19.5 Å². The van der Waals surface area contributed by atoms with Gasteiger partial charge in [0.1, 0.15) is 12.4 Å². The zero-order chi connectivity index (χ0) is 34.3. The van der Waals surface area contributed by atoms with Crippen molar-refractivity contribution in [3.8, 4) is 5.75 Å². The van der Waals surface area contributed by atoms with Crippen molar-refractivity contribution >= 4 is 33.2 Å². The minimum Gasteiger partial charge on any atom is -0.487 e. The van der Waals surface area contributed by atoms with Gasteiger partial charge in [-0.05, 0) is 124 Å². The molecule has 0 spiro atoms. The largest absolute Gasteiger partial charge is 0.487 e. The number of rotatable bonds is 2. The topological polar surface area (TPSA) is 108 Å². The summed E-state index contributed by atoms with van der Waals surface area (Å²) in [6.45, 7) is 7.78. The summed E-state index contributed by atoms with van der Waals surface area (Å²) in [6.07, 6.45) is 9.43. The van der Waals surface area contributed by atoms with Gasteiger partial charge in [0, 0.05) is 43.3 Å². The molecule has 9 nitrogen and oxygen atoms in total. The van der Waals surface area contributed by atoms with Gasteiger partial charge in [-0.2, -0.15) is 0 Å². The van der Waals surface area contributed by atoms with E-state index in [1.165, 1.54) is 5.56 Å². The van der Waals surface area contributed by atoms with Gasteiger partial charge in [-0.25, -0.2) is 13.1 Å². The number of morpholine rings is 1. The number of anilines is 1. The molecular formula is C38H52ClN3O6S. The van der Waals surface area contributed by atoms with Crippen molar-refractivity contribution < 1.29 is 27.8 Å². The number of amides is 1. The first-order valence-electron chi connectivity index (χ1n) is 18.4. The molecule has 1 amide bonds. The summed E-state index contributed by atoms with van der Waals surface area (Å²) in [4.78, 5) is 18.3. The average molecular weight is 714 g/mol. The van der Waals surface area contributed by atoms with Crippen LogP contribution < -0.4 is 14.4 Å². The highest BCUT2D eigenvalue weighted by atomic mass is 35.5. The zero-order valence-electron chi connectivity index (χ0n) is 28.9. The second-order valence-corrected chi connectivity index (χ2v) is 18.0. The molecule has 2 aromatic carbocycles. The fourth-order valence-electron chi connectivity index (χ4n) is 9.01. The molecule has 2 N–H and O–H groups in total. The molecule has 5 aliphatic rings. The molecule has 0 aromatic heterocycles. The van der Waals surface area contributed by atoms with Crippen LogP contribution in [0, 0.1) is 17.8 Å². The van der Waals surface area contributed by atoms with E-state index in [0.717, 1.165) is 88.8 Å². The number of fused-ring (bicyclic) bond motifs is 5. The van der Waals surface area contributed by atoms with Crippen LogP contribution in [-0.4, -0.2) is 80.1 Å². The van der Waals surface area contributed by atoms with E-state index in [9.17, 15) is 18.3 Å². The number of ether oxygens (including phenoxy) is 2. The highest BCUT2D eigenvalue weighted by Gasteiger charge is 2.49. The molecule has 4 heterocycles. The number of carbonyl (C=O) groups excluding carboxylic acids is 1. The minimum atomic E-state index is -3.94. The lowest BCUT2D eigenvalue weighted by atomic mass is 9.62. The lowest BCUT2D eigenvalue weighted by molar-refractivity contribution is -0.125. The summed E-state index contributed by atoms with van der Waals surface area (Å²) in [5, 5.41) is 12.6. The summed E-state index contributed by atoms with van der Waals surface area (Å²) in [5.74, 6) is 0.239. The van der Waals surface area contributed by atoms with Gasteiger partial charge in [-0.1, -0.05) is 31.0 Å². The molecular weight excluding hydrogens is 662 g/mol. The molecule has 4 bridgehead atoms. The highest BCUT2D eigenvalue weighted by Crippen LogP contribution is 2.47. The van der Waals surface area contributed by atoms with Gasteiger partial charge in [0.25, 0.3) is 5.91 Å². The van der Waals surface area contributed by atoms with Gasteiger partial charge in [-0.3, -0.25) is 9.69 Å². The number of halogens is 1. The van der Waals surface area contributed by atoms with Crippen LogP contribution in [0.3, 0.4) is 0 Å². The van der Waals surface area contributed by atoms with Gasteiger partial charge in [-0.15, -0.1) is 0 Å². The van der Waals surface area contributed by atoms with Crippen molar-refractivity contribution in [1.82, 2.24) is 9.62 Å². The van der Waals surface area contributed by atoms with E-state index in [1.54, 1.807) is 25.1 Å². The molecule has 1 unspecified atom stereocenters. The maximum Gasteiger partial charge on any atom is 0.264 e. The SMILES string of the molecule is C[C@@H]1[C@@H](C)CCC[C@@](O)(CN2CC3CC[C@@H](C2)O3)[C@@H]2CC[C@H]2CN2CCCCc3cc(Cl)ccc3COc3ccc(cc32)C(=O)NS1(=O)=O. The van der Waals surface area contributed by atoms with Crippen LogP contribution in [-0.2, 0) is 27.8 Å². The summed E-state index contributed by atoms with van der Waals surface area (Å²) >= 11 is 6.38. The van der Waals surface area contributed by atoms with Crippen molar-refractivity contribution in [3.63, 3.8) is 0 Å². The number of nitrogens with one attached hydrogen (secondary N) is 1. The second kappa shape index (κ2) is 14.3. The van der Waals surface area contributed by atoms with E-state index in [-0.39, 0.29) is 35.5 Å². The lowest BCUT2D eigenvalue weighted by Gasteiger charge is -2.51. The van der Waals surface area contributed by atoms with Crippen LogP contribution in [0.25, 0.3) is 0 Å². The molecule has 2 aromatic rings. The van der Waals surface area contributed by atoms with Crippen LogP contribution in [0.4, 0.5) is 5.69 Å². The minimum absolute atomic E-state index is 0.123. The van der Waals surface area contributed by atoms with Crippen molar-refractivity contribution in [2.45, 2.75) is 108 Å². The van der Waals surface area contributed by atoms with E-state index in [2.05, 4.69) is 14.5 Å². The fraction of sp³-hybridized carbons (Fsp3) is 0.658. The van der Waals surface area contributed by atoms with Crippen LogP contribution in [0.2, 0.25) is 5.02 Å². The summed E-state index contributed by atoms with van der Waals surface area (Å²) < 4.78 is 42.0. The Morgan fingerprint density at radius 3 is 2.51 bits per heavy atom. The Labute approximate surface area is 296 Å². The van der Waals surface area contributed by atoms with E-state index in [4.69, 9.17) is 21.1 Å². The average Bonchev–Trinajstić information content (AvgIpc) is 3.37. The second-order valence-electron chi connectivity index (χ2n) is 15.5. The maximum absolute atomic E-state index is 13.5. The number of aliphatic hydroxyl groups is 1. The number of likely N-dealkylation sites (tertiary alicyclic amines) is 1. The standard InChI is InChI=1S/C38H52ClN3O6S/c1-25-6-5-16-38(44,24-41-21-32-12-13-33(22-41)48-32)34-14-9-29(34)20-42-17-4-3-7-27-18-31(39)11-8-30(27)23-47-36-15-10-28(19-35(36)42)37(43)40-49(45,46)26(25)2/h8,10-11,15,18-19,25-26,29,32-34,44H,3-7,9,12-14,16-17,20-24H2,1-2H3,(H,40,43)/t25-,26+,29-,32-,33?,34+,38+/m0/s1. The Balaban J connectivity index is 1.24. The third kappa shape index (κ3) is 7.64. The Morgan fingerprint density at radius 2 is 1.76 bits per heavy atom. The van der Waals surface area contributed by atoms with E-state index in [1.807, 2.05) is 25.1 Å². The van der Waals surface area contributed by atoms with Gasteiger partial charge in [0.2, 0.25) is 10.0 Å². The van der Waals surface area contributed by atoms with Crippen molar-refractivity contribution in [1.29, 1.82) is 0 Å². The first-order valence-corrected chi connectivity index (χ1v) is 20.3. The lowest BCUT2D eigenvalue weighted by Crippen LogP contribution is -2.58. The molecule has 7 atom stereocenters. The zero-order valence-corrected chi connectivity index (χ0v) is 30.5. The van der Waals surface area contributed by atoms with E-state index < -0.39 is 26.8 Å². The molecule has 1 aliphatic carbocycles. The first kappa shape index (κ1) is 35.1. The summed E-state index contributed by atoms with van der Waals surface area (Å²) in [6, 6.07) is 11.2. The molecule has 1 saturated carbocycles. The highest BCUT2D eigenvalue weighted by molar-refractivity contribution is 7.90. The van der Waals surface area contributed by atoms with Gasteiger partial charge in [0.15, 0.2) is 0 Å². The molecule has 268 valence electrons. The smallest absolute Gasteiger partial charge is 0.264 e. The van der Waals surface area contributed by atoms with Crippen LogP contribution in [0.1, 0.15) is 93.1 Å². The molecule has 49 heavy (non-hydrogen) atoms. The van der Waals surface area contributed by atoms with E-state index in [0.29, 0.717) is 36.8 Å². The molecule has 11 heteroatoms. The molecule has 7 rings (SSSR count). The van der Waals surface area contributed by atoms with Gasteiger partial charge in [0.05, 0.1) is 28.7 Å². The first-order chi connectivity index (χ1) is 23.5. The number of benzene rings is 2. The number of hydrogen-bond donors (Lipinski definition) is 2. The van der Waals surface area contributed by atoms with Crippen LogP contribution in [0.15, 0.2) is 36.4 Å². The summed E-state index contributed by atoms with van der Waals surface area (Å²) in [7, 11) is -3.94. The fourth-order valence-corrected chi connectivity index (χ4v) is 10.5. The Morgan fingerprint density at radius 1 is 0.959 bits per heavy atom. The number of sulfonamides is 1. The van der Waals surface area contributed by atoms with Crippen molar-refractivity contribution in [3.05, 3.63) is 58.1 Å². The third-order valence-corrected chi connectivity index (χ3v) is 14.4. The predicted molar refractivity (Wildman–Crippen MR) is 192 cm³/mol. The number of β-amino-alcohol motifs (C(OH)–C–C–N with tert-alkyl or cyclic N) is 1. The third-order valence-electron chi connectivity index (χ3n) is 12.2. The number of carbonyl (C=O) groups is 1. The van der Waals surface area contributed by atoms with Crippen LogP contribution in [0.5, 0.6) is 5.75 Å². The Kier molecular flexibility index (Phi) is 10.3. The Bertz CT molecular complexity index is 1630. The molecule has 4 aliphatic heterocycles. The van der Waals surface area contributed by atoms with E-state index >= 15 is 0 Å². The van der Waals surface area contributed by atoms with Crippen LogP contribution >= 0.6 is 11.6 Å². The molecule has 3 fully saturated rings. The van der Waals surface area contributed by atoms with Crippen molar-refractivity contribution in [2.24, 2.45) is 17.8 Å². The number of hydrogen-bond acceptors (Lipinski definition) is 8. The quantitative estimate of drug-likeness (QED) is 0.393. The Hall–Kier alpha value is -2.37. The summed E-state index contributed by atoms with van der Waals surface area (Å²) in [5.41, 5.74) is 2.44. The van der Waals surface area contributed by atoms with Gasteiger partial charge >= 0.3 is 0 Å². The monoisotopic (exact) mass is 713 g/mol. The normalized spacial score (nSPS) is 34.0. The number of nitrogens with zero attached hydrogens (tertiary/aromatic N) is 2. The molecule has 0 radical (unpaired) electrons. The number of aryl methyl sites for hydroxylation is 1. The predicted octanol–water partition coefficient (Wildman–Crippen LogP) is 5.95. The van der Waals surface area contributed by atoms with Crippen molar-refractivity contribution in [2.75, 3.05) is 37.6 Å². The maximum atomic E-state index is 13.5.